The Labute approximate surface area is 145 Å². The average molecular weight is 346 g/mol. The summed E-state index contributed by atoms with van der Waals surface area (Å²) in [6, 6.07) is 9.92. The molecule has 0 saturated carbocycles. The Morgan fingerprint density at radius 1 is 1.42 bits per heavy atom. The van der Waals surface area contributed by atoms with Crippen LogP contribution in [0.15, 0.2) is 36.5 Å². The molecule has 24 heavy (non-hydrogen) atoms. The number of nitrogens with two attached hydrogens (primary N) is 1. The van der Waals surface area contributed by atoms with Crippen molar-refractivity contribution in [3.05, 3.63) is 47.0 Å². The number of amides is 1. The van der Waals surface area contributed by atoms with Gasteiger partial charge in [-0.1, -0.05) is 41.7 Å². The highest BCUT2D eigenvalue weighted by Gasteiger charge is 2.37. The number of ether oxygens (including phenoxy) is 1. The molecule has 1 amide bonds. The number of hydrogen-bond donors (Lipinski definition) is 1. The molecule has 3 rings (SSSR count). The number of morpholine rings is 1. The summed E-state index contributed by atoms with van der Waals surface area (Å²) in [6.45, 7) is 1.83. The second-order valence-corrected chi connectivity index (χ2v) is 7.15. The largest absolute Gasteiger partial charge is 0.375 e. The number of rotatable bonds is 4. The number of nitrogens with zero attached hydrogens (tertiary/aromatic N) is 3. The molecule has 1 aromatic carbocycles. The summed E-state index contributed by atoms with van der Waals surface area (Å²) in [5, 5.41) is 0.410. The van der Waals surface area contributed by atoms with Crippen LogP contribution in [-0.4, -0.2) is 60.6 Å². The zero-order valence-corrected chi connectivity index (χ0v) is 14.7. The fraction of sp³-hybridized carbons (Fsp3) is 0.412. The van der Waals surface area contributed by atoms with E-state index >= 15 is 0 Å². The van der Waals surface area contributed by atoms with Crippen molar-refractivity contribution in [1.29, 1.82) is 0 Å². The summed E-state index contributed by atoms with van der Waals surface area (Å²) in [5.74, 6) is -0.0369. The molecule has 1 aromatic heterocycles. The quantitative estimate of drug-likeness (QED) is 0.915. The van der Waals surface area contributed by atoms with Crippen molar-refractivity contribution in [2.75, 3.05) is 39.5 Å². The average Bonchev–Trinajstić information content (AvgIpc) is 3.01. The maximum Gasteiger partial charge on any atom is 0.266 e. The lowest BCUT2D eigenvalue weighted by atomic mass is 9.97. The third-order valence-electron chi connectivity index (χ3n) is 4.03. The molecule has 128 valence electrons. The molecule has 2 N–H and O–H groups in total. The van der Waals surface area contributed by atoms with Gasteiger partial charge in [-0.25, -0.2) is 4.98 Å². The van der Waals surface area contributed by atoms with Crippen LogP contribution in [0.2, 0.25) is 0 Å². The van der Waals surface area contributed by atoms with Crippen molar-refractivity contribution in [1.82, 2.24) is 14.8 Å². The van der Waals surface area contributed by atoms with Crippen molar-refractivity contribution in [3.8, 4) is 0 Å². The van der Waals surface area contributed by atoms with E-state index in [0.29, 0.717) is 23.2 Å². The number of benzene rings is 1. The Hall–Kier alpha value is -1.96. The fourth-order valence-corrected chi connectivity index (χ4v) is 3.69. The molecular weight excluding hydrogens is 324 g/mol. The van der Waals surface area contributed by atoms with E-state index in [-0.39, 0.29) is 18.1 Å². The zero-order valence-electron chi connectivity index (χ0n) is 13.9. The molecule has 6 nitrogen and oxygen atoms in total. The van der Waals surface area contributed by atoms with Gasteiger partial charge in [-0.05, 0) is 19.7 Å². The van der Waals surface area contributed by atoms with Gasteiger partial charge < -0.3 is 20.3 Å². The van der Waals surface area contributed by atoms with Gasteiger partial charge in [0.1, 0.15) is 4.88 Å². The van der Waals surface area contributed by atoms with Gasteiger partial charge >= 0.3 is 0 Å². The highest BCUT2D eigenvalue weighted by Crippen LogP contribution is 2.32. The van der Waals surface area contributed by atoms with E-state index in [2.05, 4.69) is 9.88 Å². The van der Waals surface area contributed by atoms with Crippen LogP contribution in [0.1, 0.15) is 21.3 Å². The highest BCUT2D eigenvalue weighted by molar-refractivity contribution is 7.17. The van der Waals surface area contributed by atoms with E-state index in [1.165, 1.54) is 11.3 Å². The van der Waals surface area contributed by atoms with Crippen LogP contribution in [-0.2, 0) is 4.74 Å². The first-order chi connectivity index (χ1) is 11.6. The molecule has 0 spiro atoms. The van der Waals surface area contributed by atoms with Gasteiger partial charge in [0.05, 0.1) is 24.9 Å². The summed E-state index contributed by atoms with van der Waals surface area (Å²) in [7, 11) is 4.02. The first-order valence-electron chi connectivity index (χ1n) is 7.90. The molecule has 2 aromatic rings. The van der Waals surface area contributed by atoms with Crippen molar-refractivity contribution < 1.29 is 9.53 Å². The standard InChI is InChI=1S/C17H22N4O2S/c1-20(2)11-13-15(12-6-4-3-5-7-12)21(8-9-23-13)16(22)14-10-19-17(18)24-14/h3-7,10,13,15H,8-9,11H2,1-2H3,(H2,18,19)/t13-,15-/m0/s1. The number of thiazole rings is 1. The van der Waals surface area contributed by atoms with Gasteiger partial charge in [-0.15, -0.1) is 0 Å². The Morgan fingerprint density at radius 3 is 2.79 bits per heavy atom. The molecular formula is C17H22N4O2S. The predicted octanol–water partition coefficient (Wildman–Crippen LogP) is 1.87. The number of aromatic nitrogens is 1. The number of carbonyl (C=O) groups excluding carboxylic acids is 1. The lowest BCUT2D eigenvalue weighted by Crippen LogP contribution is -2.51. The van der Waals surface area contributed by atoms with Gasteiger partial charge in [0, 0.05) is 13.1 Å². The minimum Gasteiger partial charge on any atom is -0.375 e. The summed E-state index contributed by atoms with van der Waals surface area (Å²) in [4.78, 5) is 21.5. The third kappa shape index (κ3) is 3.58. The van der Waals surface area contributed by atoms with Gasteiger partial charge in [0.25, 0.3) is 5.91 Å². The molecule has 1 saturated heterocycles. The second kappa shape index (κ2) is 7.29. The fourth-order valence-electron chi connectivity index (χ4n) is 3.05. The van der Waals surface area contributed by atoms with Crippen LogP contribution in [0, 0.1) is 0 Å². The predicted molar refractivity (Wildman–Crippen MR) is 95.0 cm³/mol. The van der Waals surface area contributed by atoms with Crippen molar-refractivity contribution >= 4 is 22.4 Å². The first kappa shape index (κ1) is 16.9. The van der Waals surface area contributed by atoms with E-state index < -0.39 is 0 Å². The molecule has 1 aliphatic heterocycles. The molecule has 7 heteroatoms. The topological polar surface area (TPSA) is 71.7 Å². The summed E-state index contributed by atoms with van der Waals surface area (Å²) in [6.07, 6.45) is 1.48. The van der Waals surface area contributed by atoms with Crippen LogP contribution in [0.25, 0.3) is 0 Å². The van der Waals surface area contributed by atoms with Crippen molar-refractivity contribution in [2.24, 2.45) is 0 Å². The van der Waals surface area contributed by atoms with Crippen molar-refractivity contribution in [2.45, 2.75) is 12.1 Å². The molecule has 2 atom stereocenters. The Bertz CT molecular complexity index is 689. The Kier molecular flexibility index (Phi) is 5.13. The smallest absolute Gasteiger partial charge is 0.266 e. The van der Waals surface area contributed by atoms with Crippen LogP contribution in [0.4, 0.5) is 5.13 Å². The number of anilines is 1. The molecule has 0 unspecified atom stereocenters. The number of nitrogen functional groups attached to an aromatic ring is 1. The summed E-state index contributed by atoms with van der Waals surface area (Å²) in [5.41, 5.74) is 6.77. The number of carbonyl (C=O) groups is 1. The monoisotopic (exact) mass is 346 g/mol. The van der Waals surface area contributed by atoms with E-state index in [9.17, 15) is 4.79 Å². The van der Waals surface area contributed by atoms with Crippen LogP contribution < -0.4 is 5.73 Å². The third-order valence-corrected chi connectivity index (χ3v) is 4.85. The van der Waals surface area contributed by atoms with Gasteiger partial charge in [-0.2, -0.15) is 0 Å². The lowest BCUT2D eigenvalue weighted by Gasteiger charge is -2.42. The SMILES string of the molecule is CN(C)C[C@@H]1OCCN(C(=O)c2cnc(N)s2)[C@H]1c1ccccc1. The van der Waals surface area contributed by atoms with E-state index in [0.717, 1.165) is 12.1 Å². The van der Waals surface area contributed by atoms with E-state index in [1.807, 2.05) is 49.3 Å². The van der Waals surface area contributed by atoms with Crippen LogP contribution in [0.3, 0.4) is 0 Å². The zero-order chi connectivity index (χ0) is 17.1. The number of hydrogen-bond acceptors (Lipinski definition) is 6. The highest BCUT2D eigenvalue weighted by atomic mass is 32.1. The minimum atomic E-state index is -0.127. The molecule has 1 fully saturated rings. The maximum atomic E-state index is 13.0. The number of likely N-dealkylation sites (N-methyl/N-ethyl adjacent to an activating group) is 1. The van der Waals surface area contributed by atoms with E-state index in [1.54, 1.807) is 6.20 Å². The molecule has 0 radical (unpaired) electrons. The molecule has 1 aliphatic rings. The minimum absolute atomic E-state index is 0.0369. The van der Waals surface area contributed by atoms with Gasteiger partial charge in [0.15, 0.2) is 5.13 Å². The van der Waals surface area contributed by atoms with Gasteiger partial charge in [-0.3, -0.25) is 4.79 Å². The molecule has 0 aliphatic carbocycles. The summed E-state index contributed by atoms with van der Waals surface area (Å²) < 4.78 is 6.00. The Balaban J connectivity index is 1.94. The van der Waals surface area contributed by atoms with Crippen LogP contribution >= 0.6 is 11.3 Å². The lowest BCUT2D eigenvalue weighted by molar-refractivity contribution is -0.0683. The maximum absolute atomic E-state index is 13.0. The van der Waals surface area contributed by atoms with E-state index in [4.69, 9.17) is 10.5 Å². The Morgan fingerprint density at radius 2 is 2.17 bits per heavy atom. The van der Waals surface area contributed by atoms with Crippen molar-refractivity contribution in [3.63, 3.8) is 0 Å². The van der Waals surface area contributed by atoms with Crippen LogP contribution in [0.5, 0.6) is 0 Å². The normalized spacial score (nSPS) is 21.2. The first-order valence-corrected chi connectivity index (χ1v) is 8.71. The van der Waals surface area contributed by atoms with Gasteiger partial charge in [0.2, 0.25) is 0 Å². The molecule has 2 heterocycles. The molecule has 0 bridgehead atoms. The second-order valence-electron chi connectivity index (χ2n) is 6.09. The summed E-state index contributed by atoms with van der Waals surface area (Å²) >= 11 is 1.23.